The highest BCUT2D eigenvalue weighted by molar-refractivity contribution is 5.88. The van der Waals surface area contributed by atoms with Crippen LogP contribution >= 0.6 is 0 Å². The third kappa shape index (κ3) is 3.47. The number of fused-ring (bicyclic) bond motifs is 1. The number of anilines is 1. The number of rotatable bonds is 1. The molecule has 6 heteroatoms. The summed E-state index contributed by atoms with van der Waals surface area (Å²) in [6.07, 6.45) is 2.43. The Balaban J connectivity index is 1.64. The van der Waals surface area contributed by atoms with E-state index in [1.54, 1.807) is 0 Å². The first-order chi connectivity index (χ1) is 10.8. The van der Waals surface area contributed by atoms with Crippen LogP contribution in [0.5, 0.6) is 0 Å². The van der Waals surface area contributed by atoms with Gasteiger partial charge in [0.2, 0.25) is 0 Å². The third-order valence-corrected chi connectivity index (χ3v) is 4.87. The predicted octanol–water partition coefficient (Wildman–Crippen LogP) is 2.47. The zero-order valence-electron chi connectivity index (χ0n) is 14.5. The topological polar surface area (TPSA) is 61.4 Å². The minimum absolute atomic E-state index is 0.0388. The largest absolute Gasteiger partial charge is 0.323 e. The van der Waals surface area contributed by atoms with Crippen molar-refractivity contribution in [3.05, 3.63) is 17.8 Å². The molecule has 1 aromatic rings. The summed E-state index contributed by atoms with van der Waals surface area (Å²) in [6.45, 7) is 11.3. The molecule has 0 radical (unpaired) electrons. The molecule has 2 saturated heterocycles. The summed E-state index contributed by atoms with van der Waals surface area (Å²) in [4.78, 5) is 17.0. The van der Waals surface area contributed by atoms with Gasteiger partial charge in [0.15, 0.2) is 5.82 Å². The van der Waals surface area contributed by atoms with E-state index in [-0.39, 0.29) is 17.5 Å². The van der Waals surface area contributed by atoms with Crippen LogP contribution in [0.25, 0.3) is 0 Å². The maximum Gasteiger partial charge on any atom is 0.323 e. The Bertz CT molecular complexity index is 565. The first kappa shape index (κ1) is 16.2. The third-order valence-electron chi connectivity index (χ3n) is 4.87. The van der Waals surface area contributed by atoms with Crippen LogP contribution in [-0.2, 0) is 5.41 Å². The van der Waals surface area contributed by atoms with Gasteiger partial charge in [0.25, 0.3) is 0 Å². The second-order valence-corrected chi connectivity index (χ2v) is 7.78. The van der Waals surface area contributed by atoms with Gasteiger partial charge in [0.1, 0.15) is 0 Å². The summed E-state index contributed by atoms with van der Waals surface area (Å²) in [5.41, 5.74) is 0.881. The van der Waals surface area contributed by atoms with E-state index < -0.39 is 0 Å². The Morgan fingerprint density at radius 3 is 2.70 bits per heavy atom. The maximum atomic E-state index is 12.6. The van der Waals surface area contributed by atoms with E-state index in [0.29, 0.717) is 11.9 Å². The van der Waals surface area contributed by atoms with E-state index in [1.165, 1.54) is 19.4 Å². The lowest BCUT2D eigenvalue weighted by atomic mass is 9.92. The SMILES string of the molecule is CC1CN2CCCC2CN1C(=O)Nc1ccc(C(C)(C)C)nn1. The number of nitrogens with zero attached hydrogens (tertiary/aromatic N) is 4. The molecule has 1 aromatic heterocycles. The number of urea groups is 1. The normalized spacial score (nSPS) is 25.3. The van der Waals surface area contributed by atoms with Crippen LogP contribution in [0.15, 0.2) is 12.1 Å². The van der Waals surface area contributed by atoms with Gasteiger partial charge in [0.05, 0.1) is 5.69 Å². The van der Waals surface area contributed by atoms with E-state index in [9.17, 15) is 4.79 Å². The van der Waals surface area contributed by atoms with E-state index in [1.807, 2.05) is 17.0 Å². The molecule has 2 unspecified atom stereocenters. The Morgan fingerprint density at radius 1 is 1.26 bits per heavy atom. The molecule has 6 nitrogen and oxygen atoms in total. The number of hydrogen-bond acceptors (Lipinski definition) is 4. The lowest BCUT2D eigenvalue weighted by Gasteiger charge is -2.42. The van der Waals surface area contributed by atoms with Gasteiger partial charge in [-0.2, -0.15) is 5.10 Å². The van der Waals surface area contributed by atoms with Crippen LogP contribution in [0.4, 0.5) is 10.6 Å². The van der Waals surface area contributed by atoms with E-state index in [0.717, 1.165) is 18.8 Å². The quantitative estimate of drug-likeness (QED) is 0.864. The van der Waals surface area contributed by atoms with E-state index in [2.05, 4.69) is 48.1 Å². The van der Waals surface area contributed by atoms with Gasteiger partial charge in [0, 0.05) is 30.6 Å². The van der Waals surface area contributed by atoms with Gasteiger partial charge in [-0.3, -0.25) is 10.2 Å². The lowest BCUT2D eigenvalue weighted by Crippen LogP contribution is -2.57. The molecule has 126 valence electrons. The molecule has 2 atom stereocenters. The maximum absolute atomic E-state index is 12.6. The first-order valence-corrected chi connectivity index (χ1v) is 8.50. The van der Waals surface area contributed by atoms with Crippen LogP contribution in [-0.4, -0.2) is 57.7 Å². The van der Waals surface area contributed by atoms with Crippen molar-refractivity contribution in [1.29, 1.82) is 0 Å². The second-order valence-electron chi connectivity index (χ2n) is 7.78. The van der Waals surface area contributed by atoms with Crippen molar-refractivity contribution in [3.8, 4) is 0 Å². The molecule has 3 heterocycles. The highest BCUT2D eigenvalue weighted by atomic mass is 16.2. The fourth-order valence-electron chi connectivity index (χ4n) is 3.45. The molecule has 2 aliphatic heterocycles. The number of carbonyl (C=O) groups is 1. The minimum atomic E-state index is -0.0677. The van der Waals surface area contributed by atoms with Gasteiger partial charge in [-0.25, -0.2) is 4.79 Å². The molecule has 2 amide bonds. The summed E-state index contributed by atoms with van der Waals surface area (Å²) in [5.74, 6) is 0.518. The summed E-state index contributed by atoms with van der Waals surface area (Å²) >= 11 is 0. The van der Waals surface area contributed by atoms with Gasteiger partial charge in [-0.15, -0.1) is 5.10 Å². The molecule has 0 aromatic carbocycles. The Hall–Kier alpha value is -1.69. The van der Waals surface area contributed by atoms with Crippen molar-refractivity contribution in [2.75, 3.05) is 25.0 Å². The van der Waals surface area contributed by atoms with Crippen molar-refractivity contribution in [2.45, 2.75) is 58.0 Å². The number of amides is 2. The molecular weight excluding hydrogens is 290 g/mol. The van der Waals surface area contributed by atoms with Crippen molar-refractivity contribution in [2.24, 2.45) is 0 Å². The van der Waals surface area contributed by atoms with Crippen LogP contribution in [0.3, 0.4) is 0 Å². The number of carbonyl (C=O) groups excluding carboxylic acids is 1. The van der Waals surface area contributed by atoms with E-state index in [4.69, 9.17) is 0 Å². The molecule has 1 N–H and O–H groups in total. The summed E-state index contributed by atoms with van der Waals surface area (Å²) < 4.78 is 0. The first-order valence-electron chi connectivity index (χ1n) is 8.50. The molecule has 0 saturated carbocycles. The second kappa shape index (κ2) is 6.07. The number of aromatic nitrogens is 2. The summed E-state index contributed by atoms with van der Waals surface area (Å²) in [6, 6.07) is 4.45. The average Bonchev–Trinajstić information content (AvgIpc) is 2.93. The smallest absolute Gasteiger partial charge is 0.319 e. The lowest BCUT2D eigenvalue weighted by molar-refractivity contribution is 0.0861. The highest BCUT2D eigenvalue weighted by Gasteiger charge is 2.36. The fourth-order valence-corrected chi connectivity index (χ4v) is 3.45. The van der Waals surface area contributed by atoms with Crippen molar-refractivity contribution in [1.82, 2.24) is 20.0 Å². The average molecular weight is 317 g/mol. The summed E-state index contributed by atoms with van der Waals surface area (Å²) in [5, 5.41) is 11.3. The van der Waals surface area contributed by atoms with Gasteiger partial charge in [-0.05, 0) is 38.4 Å². The van der Waals surface area contributed by atoms with Crippen molar-refractivity contribution < 1.29 is 4.79 Å². The zero-order chi connectivity index (χ0) is 16.6. The summed E-state index contributed by atoms with van der Waals surface area (Å²) in [7, 11) is 0. The minimum Gasteiger partial charge on any atom is -0.319 e. The van der Waals surface area contributed by atoms with Gasteiger partial charge >= 0.3 is 6.03 Å². The van der Waals surface area contributed by atoms with Gasteiger partial charge in [-0.1, -0.05) is 20.8 Å². The monoisotopic (exact) mass is 317 g/mol. The number of hydrogen-bond donors (Lipinski definition) is 1. The highest BCUT2D eigenvalue weighted by Crippen LogP contribution is 2.25. The predicted molar refractivity (Wildman–Crippen MR) is 90.5 cm³/mol. The van der Waals surface area contributed by atoms with Crippen LogP contribution in [0.2, 0.25) is 0 Å². The number of nitrogens with one attached hydrogen (secondary N) is 1. The van der Waals surface area contributed by atoms with Crippen molar-refractivity contribution >= 4 is 11.8 Å². The molecule has 0 spiro atoms. The van der Waals surface area contributed by atoms with Crippen LogP contribution in [0, 0.1) is 0 Å². The molecule has 2 aliphatic rings. The zero-order valence-corrected chi connectivity index (χ0v) is 14.5. The Labute approximate surface area is 138 Å². The standard InChI is InChI=1S/C17H27N5O/c1-12-10-21-9-5-6-13(21)11-22(12)16(23)18-15-8-7-14(19-20-15)17(2,3)4/h7-8,12-13H,5-6,9-11H2,1-4H3,(H,18,20,23). The molecule has 23 heavy (non-hydrogen) atoms. The molecule has 0 bridgehead atoms. The number of piperazine rings is 1. The molecule has 3 rings (SSSR count). The molecular formula is C17H27N5O. The Kier molecular flexibility index (Phi) is 4.27. The fraction of sp³-hybridized carbons (Fsp3) is 0.706. The van der Waals surface area contributed by atoms with Crippen molar-refractivity contribution in [3.63, 3.8) is 0 Å². The Morgan fingerprint density at radius 2 is 2.04 bits per heavy atom. The van der Waals surface area contributed by atoms with E-state index >= 15 is 0 Å². The molecule has 2 fully saturated rings. The van der Waals surface area contributed by atoms with Crippen LogP contribution in [0.1, 0.15) is 46.2 Å². The van der Waals surface area contributed by atoms with Crippen LogP contribution < -0.4 is 5.32 Å². The van der Waals surface area contributed by atoms with Gasteiger partial charge < -0.3 is 4.90 Å². The molecule has 0 aliphatic carbocycles.